The number of carboxylic acid groups (broad SMARTS) is 1. The standard InChI is InChI=1S/C32H32N4O.C2HF3O2/c1-35-30-8-4-3-7-26(30)32(31(35)37)20-27(32)24-14-15-25-28(33-34-29(25)19-24)16-13-22-9-11-23(12-10-22)21-36-17-5-2-6-18-36;3-2(4,5)1(6)7/h3-4,7-16,19,27H,2,5-6,17-18,20-21H2,1H3,(H,33,34);(H,6,7)/b16-13+;/t27-,32-;/m0./s1. The molecule has 0 bridgehead atoms. The van der Waals surface area contributed by atoms with Gasteiger partial charge in [0.1, 0.15) is 0 Å². The summed E-state index contributed by atoms with van der Waals surface area (Å²) in [5, 5.41) is 16.0. The zero-order chi connectivity index (χ0) is 31.1. The van der Waals surface area contributed by atoms with E-state index in [1.165, 1.54) is 54.6 Å². The number of nitrogens with one attached hydrogen (secondary N) is 1. The zero-order valence-corrected chi connectivity index (χ0v) is 24.3. The van der Waals surface area contributed by atoms with Crippen molar-refractivity contribution in [1.82, 2.24) is 15.1 Å². The van der Waals surface area contributed by atoms with Crippen LogP contribution in [0, 0.1) is 0 Å². The molecule has 2 aliphatic heterocycles. The summed E-state index contributed by atoms with van der Waals surface area (Å²) >= 11 is 0. The van der Waals surface area contributed by atoms with Crippen molar-refractivity contribution in [1.29, 1.82) is 0 Å². The second-order valence-corrected chi connectivity index (χ2v) is 11.7. The maximum absolute atomic E-state index is 13.2. The number of para-hydroxylation sites is 1. The number of alkyl halides is 3. The summed E-state index contributed by atoms with van der Waals surface area (Å²) in [6, 6.07) is 23.6. The quantitative estimate of drug-likeness (QED) is 0.264. The van der Waals surface area contributed by atoms with Crippen molar-refractivity contribution >= 4 is 40.6 Å². The molecule has 3 aliphatic rings. The minimum Gasteiger partial charge on any atom is -0.475 e. The number of carbonyl (C=O) groups excluding carboxylic acids is 1. The lowest BCUT2D eigenvalue weighted by Crippen LogP contribution is -2.29. The second kappa shape index (κ2) is 11.6. The van der Waals surface area contributed by atoms with Crippen molar-refractivity contribution in [3.63, 3.8) is 0 Å². The van der Waals surface area contributed by atoms with Gasteiger partial charge in [0.2, 0.25) is 5.91 Å². The molecule has 2 atom stereocenters. The first-order valence-electron chi connectivity index (χ1n) is 14.7. The Labute approximate surface area is 253 Å². The molecule has 1 spiro atoms. The summed E-state index contributed by atoms with van der Waals surface area (Å²) in [7, 11) is 1.89. The lowest BCUT2D eigenvalue weighted by atomic mass is 9.92. The van der Waals surface area contributed by atoms with Crippen LogP contribution in [0.15, 0.2) is 66.7 Å². The summed E-state index contributed by atoms with van der Waals surface area (Å²) < 4.78 is 31.7. The molecule has 4 aromatic rings. The van der Waals surface area contributed by atoms with Gasteiger partial charge in [-0.15, -0.1) is 0 Å². The van der Waals surface area contributed by atoms with Crippen LogP contribution >= 0.6 is 0 Å². The molecule has 44 heavy (non-hydrogen) atoms. The summed E-state index contributed by atoms with van der Waals surface area (Å²) in [5.41, 5.74) is 7.53. The molecule has 2 N–H and O–H groups in total. The first-order chi connectivity index (χ1) is 21.1. The Balaban J connectivity index is 0.000000441. The van der Waals surface area contributed by atoms with Gasteiger partial charge in [-0.2, -0.15) is 18.3 Å². The number of aliphatic carboxylic acids is 1. The molecule has 228 valence electrons. The molecule has 7 rings (SSSR count). The molecular formula is C34H33F3N4O3. The maximum Gasteiger partial charge on any atom is 0.490 e. The molecule has 1 saturated carbocycles. The summed E-state index contributed by atoms with van der Waals surface area (Å²) in [6.45, 7) is 3.49. The fourth-order valence-electron chi connectivity index (χ4n) is 6.55. The Kier molecular flexibility index (Phi) is 7.79. The number of hydrogen-bond donors (Lipinski definition) is 2. The number of likely N-dealkylation sites (N-methyl/N-ethyl adjacent to an activating group) is 1. The van der Waals surface area contributed by atoms with E-state index in [0.717, 1.165) is 35.2 Å². The molecular weight excluding hydrogens is 569 g/mol. The Bertz CT molecular complexity index is 1720. The highest BCUT2D eigenvalue weighted by molar-refractivity contribution is 6.11. The number of hydrogen-bond acceptors (Lipinski definition) is 4. The number of carbonyl (C=O) groups is 2. The van der Waals surface area contributed by atoms with E-state index in [0.29, 0.717) is 0 Å². The van der Waals surface area contributed by atoms with Crippen molar-refractivity contribution in [3.8, 4) is 0 Å². The van der Waals surface area contributed by atoms with Gasteiger partial charge in [-0.05, 0) is 72.8 Å². The molecule has 0 radical (unpaired) electrons. The molecule has 1 saturated heterocycles. The van der Waals surface area contributed by atoms with Crippen molar-refractivity contribution in [2.24, 2.45) is 0 Å². The maximum atomic E-state index is 13.2. The van der Waals surface area contributed by atoms with E-state index in [-0.39, 0.29) is 11.8 Å². The first-order valence-corrected chi connectivity index (χ1v) is 14.7. The van der Waals surface area contributed by atoms with Gasteiger partial charge in [-0.25, -0.2) is 4.79 Å². The Morgan fingerprint density at radius 3 is 2.45 bits per heavy atom. The first kappa shape index (κ1) is 29.6. The molecule has 1 aromatic heterocycles. The van der Waals surface area contributed by atoms with Gasteiger partial charge in [0.15, 0.2) is 0 Å². The minimum atomic E-state index is -5.08. The monoisotopic (exact) mass is 602 g/mol. The van der Waals surface area contributed by atoms with Gasteiger partial charge in [-0.1, -0.05) is 67.1 Å². The smallest absolute Gasteiger partial charge is 0.475 e. The fraction of sp³-hybridized carbons (Fsp3) is 0.324. The summed E-state index contributed by atoms with van der Waals surface area (Å²) in [5.74, 6) is -2.33. The Morgan fingerprint density at radius 2 is 1.75 bits per heavy atom. The Hall–Kier alpha value is -4.44. The second-order valence-electron chi connectivity index (χ2n) is 11.7. The van der Waals surface area contributed by atoms with Crippen LogP contribution < -0.4 is 4.90 Å². The molecule has 10 heteroatoms. The zero-order valence-electron chi connectivity index (χ0n) is 24.3. The number of amides is 1. The minimum absolute atomic E-state index is 0.209. The van der Waals surface area contributed by atoms with Crippen LogP contribution in [0.5, 0.6) is 0 Å². The third-order valence-electron chi connectivity index (χ3n) is 8.92. The van der Waals surface area contributed by atoms with Gasteiger partial charge in [0.25, 0.3) is 0 Å². The molecule has 1 aliphatic carbocycles. The van der Waals surface area contributed by atoms with E-state index in [1.807, 2.05) is 24.1 Å². The number of carboxylic acids is 1. The highest BCUT2D eigenvalue weighted by atomic mass is 19.4. The van der Waals surface area contributed by atoms with Gasteiger partial charge < -0.3 is 10.0 Å². The van der Waals surface area contributed by atoms with Gasteiger partial charge in [-0.3, -0.25) is 14.8 Å². The van der Waals surface area contributed by atoms with Crippen molar-refractivity contribution < 1.29 is 27.9 Å². The number of fused-ring (bicyclic) bond motifs is 3. The van der Waals surface area contributed by atoms with E-state index in [1.54, 1.807) is 0 Å². The van der Waals surface area contributed by atoms with Crippen LogP contribution in [-0.2, 0) is 21.5 Å². The number of benzene rings is 3. The van der Waals surface area contributed by atoms with E-state index in [4.69, 9.17) is 9.90 Å². The van der Waals surface area contributed by atoms with Gasteiger partial charge >= 0.3 is 12.1 Å². The van der Waals surface area contributed by atoms with E-state index in [9.17, 15) is 18.0 Å². The van der Waals surface area contributed by atoms with Crippen LogP contribution in [0.4, 0.5) is 18.9 Å². The van der Waals surface area contributed by atoms with Crippen LogP contribution in [0.2, 0.25) is 0 Å². The number of nitrogens with zero attached hydrogens (tertiary/aromatic N) is 3. The van der Waals surface area contributed by atoms with E-state index in [2.05, 4.69) is 81.8 Å². The van der Waals surface area contributed by atoms with Crippen LogP contribution in [0.3, 0.4) is 0 Å². The van der Waals surface area contributed by atoms with E-state index < -0.39 is 17.6 Å². The fourth-order valence-corrected chi connectivity index (χ4v) is 6.55. The van der Waals surface area contributed by atoms with Crippen LogP contribution in [0.25, 0.3) is 23.1 Å². The predicted molar refractivity (Wildman–Crippen MR) is 163 cm³/mol. The van der Waals surface area contributed by atoms with Crippen LogP contribution in [-0.4, -0.2) is 58.4 Å². The number of aromatic amines is 1. The topological polar surface area (TPSA) is 89.5 Å². The van der Waals surface area contributed by atoms with Crippen LogP contribution in [0.1, 0.15) is 59.5 Å². The number of halogens is 3. The normalized spacial score (nSPS) is 21.5. The average Bonchev–Trinajstić information content (AvgIpc) is 3.59. The highest BCUT2D eigenvalue weighted by Gasteiger charge is 2.66. The van der Waals surface area contributed by atoms with E-state index >= 15 is 0 Å². The SMILES string of the molecule is CN1C(=O)[C@@]2(C[C@H]2c2ccc3c(/C=C/c4ccc(CN5CCCCC5)cc4)n[nH]c3c2)c2ccccc21.O=C(O)C(F)(F)F. The molecule has 3 heterocycles. The number of anilines is 1. The number of likely N-dealkylation sites (tertiary alicyclic amines) is 1. The lowest BCUT2D eigenvalue weighted by molar-refractivity contribution is -0.192. The van der Waals surface area contributed by atoms with Gasteiger partial charge in [0.05, 0.1) is 16.6 Å². The number of aromatic nitrogens is 2. The van der Waals surface area contributed by atoms with Crippen molar-refractivity contribution in [2.75, 3.05) is 25.0 Å². The lowest BCUT2D eigenvalue weighted by Gasteiger charge is -2.26. The Morgan fingerprint density at radius 1 is 1.05 bits per heavy atom. The number of piperidine rings is 1. The summed E-state index contributed by atoms with van der Waals surface area (Å²) in [6.07, 6.45) is 4.02. The summed E-state index contributed by atoms with van der Waals surface area (Å²) in [4.78, 5) is 26.5. The molecule has 2 fully saturated rings. The third-order valence-corrected chi connectivity index (χ3v) is 8.92. The third kappa shape index (κ3) is 5.61. The predicted octanol–water partition coefficient (Wildman–Crippen LogP) is 6.75. The van der Waals surface area contributed by atoms with Crippen molar-refractivity contribution in [2.45, 2.75) is 49.7 Å². The van der Waals surface area contributed by atoms with Crippen molar-refractivity contribution in [3.05, 3.63) is 94.7 Å². The largest absolute Gasteiger partial charge is 0.490 e. The highest BCUT2D eigenvalue weighted by Crippen LogP contribution is 2.66. The number of rotatable bonds is 5. The number of H-pyrrole nitrogens is 1. The average molecular weight is 603 g/mol. The molecule has 0 unspecified atom stereocenters. The van der Waals surface area contributed by atoms with Gasteiger partial charge in [0, 0.05) is 30.6 Å². The molecule has 7 nitrogen and oxygen atoms in total. The molecule has 1 amide bonds. The molecule has 3 aromatic carbocycles.